The molecule has 2 heterocycles. The van der Waals surface area contributed by atoms with Gasteiger partial charge < -0.3 is 10.6 Å². The number of carbonyl (C=O) groups is 2. The smallest absolute Gasteiger partial charge is 0.243 e. The Morgan fingerprint density at radius 3 is 2.54 bits per heavy atom. The van der Waals surface area contributed by atoms with Crippen LogP contribution in [0.3, 0.4) is 0 Å². The summed E-state index contributed by atoms with van der Waals surface area (Å²) < 4.78 is 26.8. The zero-order valence-corrected chi connectivity index (χ0v) is 16.1. The number of rotatable bonds is 6. The number of aromatic nitrogens is 1. The maximum absolute atomic E-state index is 12.7. The maximum Gasteiger partial charge on any atom is 0.243 e. The average Bonchev–Trinajstić information content (AvgIpc) is 2.73. The molecule has 1 fully saturated rings. The molecule has 1 unspecified atom stereocenters. The molecule has 3 rings (SSSR count). The number of nitrogens with zero attached hydrogens (tertiary/aromatic N) is 2. The molecule has 0 bridgehead atoms. The summed E-state index contributed by atoms with van der Waals surface area (Å²) in [4.78, 5) is 28.5. The van der Waals surface area contributed by atoms with Gasteiger partial charge in [0.1, 0.15) is 0 Å². The van der Waals surface area contributed by atoms with Gasteiger partial charge in [0, 0.05) is 31.2 Å². The summed E-state index contributed by atoms with van der Waals surface area (Å²) in [6.07, 6.45) is 4.28. The maximum atomic E-state index is 12.7. The van der Waals surface area contributed by atoms with Crippen LogP contribution in [0.2, 0.25) is 0 Å². The summed E-state index contributed by atoms with van der Waals surface area (Å²) >= 11 is 0. The van der Waals surface area contributed by atoms with E-state index in [9.17, 15) is 18.0 Å². The van der Waals surface area contributed by atoms with Crippen molar-refractivity contribution in [2.24, 2.45) is 5.92 Å². The van der Waals surface area contributed by atoms with E-state index in [4.69, 9.17) is 0 Å². The summed E-state index contributed by atoms with van der Waals surface area (Å²) in [5.74, 6) is -1.16. The second-order valence-electron chi connectivity index (χ2n) is 6.52. The minimum absolute atomic E-state index is 0.106. The molecule has 0 spiro atoms. The quantitative estimate of drug-likeness (QED) is 0.756. The number of pyridine rings is 1. The molecule has 0 radical (unpaired) electrons. The lowest BCUT2D eigenvalue weighted by Gasteiger charge is -2.31. The monoisotopic (exact) mass is 402 g/mol. The minimum Gasteiger partial charge on any atom is -0.347 e. The Morgan fingerprint density at radius 2 is 1.82 bits per heavy atom. The Bertz CT molecular complexity index is 919. The van der Waals surface area contributed by atoms with E-state index in [1.165, 1.54) is 4.31 Å². The number of nitrogens with one attached hydrogen (secondary N) is 2. The van der Waals surface area contributed by atoms with E-state index in [1.807, 2.05) is 0 Å². The first-order chi connectivity index (χ1) is 13.5. The molecule has 1 atom stereocenters. The molecule has 1 aromatic heterocycles. The van der Waals surface area contributed by atoms with Gasteiger partial charge >= 0.3 is 0 Å². The van der Waals surface area contributed by atoms with Crippen LogP contribution in [-0.2, 0) is 19.6 Å². The Kier molecular flexibility index (Phi) is 6.37. The summed E-state index contributed by atoms with van der Waals surface area (Å²) in [5, 5.41) is 5.25. The van der Waals surface area contributed by atoms with Gasteiger partial charge in [-0.15, -0.1) is 0 Å². The van der Waals surface area contributed by atoms with E-state index in [2.05, 4.69) is 15.6 Å². The van der Waals surface area contributed by atoms with E-state index in [0.717, 1.165) is 0 Å². The highest BCUT2D eigenvalue weighted by Gasteiger charge is 2.33. The van der Waals surface area contributed by atoms with Crippen LogP contribution in [0.15, 0.2) is 59.8 Å². The fourth-order valence-corrected chi connectivity index (χ4v) is 4.61. The molecule has 8 nitrogen and oxygen atoms in total. The van der Waals surface area contributed by atoms with Crippen molar-refractivity contribution < 1.29 is 18.0 Å². The SMILES string of the molecule is O=C(CNC(=O)C1CCCN(S(=O)(=O)c2ccccc2)C1)Nc1ccncc1. The zero-order valence-electron chi connectivity index (χ0n) is 15.2. The summed E-state index contributed by atoms with van der Waals surface area (Å²) in [5.41, 5.74) is 0.590. The van der Waals surface area contributed by atoms with Crippen molar-refractivity contribution in [1.29, 1.82) is 0 Å². The number of hydrogen-bond donors (Lipinski definition) is 2. The Morgan fingerprint density at radius 1 is 1.11 bits per heavy atom. The van der Waals surface area contributed by atoms with Crippen molar-refractivity contribution in [3.8, 4) is 0 Å². The fraction of sp³-hybridized carbons (Fsp3) is 0.316. The highest BCUT2D eigenvalue weighted by atomic mass is 32.2. The van der Waals surface area contributed by atoms with Crippen LogP contribution < -0.4 is 10.6 Å². The Hall–Kier alpha value is -2.78. The normalized spacial score (nSPS) is 17.6. The van der Waals surface area contributed by atoms with E-state index in [1.54, 1.807) is 54.9 Å². The molecule has 1 aliphatic rings. The molecule has 1 aliphatic heterocycles. The molecule has 0 saturated carbocycles. The van der Waals surface area contributed by atoms with Crippen molar-refractivity contribution in [2.75, 3.05) is 25.0 Å². The van der Waals surface area contributed by atoms with Crippen LogP contribution >= 0.6 is 0 Å². The number of sulfonamides is 1. The van der Waals surface area contributed by atoms with E-state index in [-0.39, 0.29) is 29.8 Å². The standard InChI is InChI=1S/C19H22N4O4S/c24-18(22-16-8-10-20-11-9-16)13-21-19(25)15-5-4-12-23(14-15)28(26,27)17-6-2-1-3-7-17/h1-3,6-11,15H,4-5,12-14H2,(H,21,25)(H,20,22,24). The molecule has 2 amide bonds. The number of hydrogen-bond acceptors (Lipinski definition) is 5. The fourth-order valence-electron chi connectivity index (χ4n) is 3.07. The first-order valence-corrected chi connectivity index (χ1v) is 10.4. The lowest BCUT2D eigenvalue weighted by molar-refractivity contribution is -0.128. The second-order valence-corrected chi connectivity index (χ2v) is 8.46. The molecule has 2 N–H and O–H groups in total. The third kappa shape index (κ3) is 4.93. The van der Waals surface area contributed by atoms with Crippen LogP contribution in [0.4, 0.5) is 5.69 Å². The number of piperidine rings is 1. The molecule has 0 aliphatic carbocycles. The van der Waals surface area contributed by atoms with E-state index in [0.29, 0.717) is 25.1 Å². The third-order valence-corrected chi connectivity index (χ3v) is 6.40. The lowest BCUT2D eigenvalue weighted by Crippen LogP contribution is -2.46. The minimum atomic E-state index is -3.63. The highest BCUT2D eigenvalue weighted by molar-refractivity contribution is 7.89. The third-order valence-electron chi connectivity index (χ3n) is 4.52. The lowest BCUT2D eigenvalue weighted by atomic mass is 9.99. The van der Waals surface area contributed by atoms with Gasteiger partial charge in [-0.1, -0.05) is 18.2 Å². The zero-order chi connectivity index (χ0) is 20.0. The molecular formula is C19H22N4O4S. The number of benzene rings is 1. The van der Waals surface area contributed by atoms with Crippen LogP contribution in [-0.4, -0.2) is 49.2 Å². The van der Waals surface area contributed by atoms with Crippen molar-refractivity contribution in [1.82, 2.24) is 14.6 Å². The van der Waals surface area contributed by atoms with Crippen molar-refractivity contribution in [3.05, 3.63) is 54.9 Å². The Labute approximate surface area is 164 Å². The van der Waals surface area contributed by atoms with Crippen molar-refractivity contribution in [2.45, 2.75) is 17.7 Å². The van der Waals surface area contributed by atoms with Crippen LogP contribution in [0.1, 0.15) is 12.8 Å². The summed E-state index contributed by atoms with van der Waals surface area (Å²) in [6.45, 7) is 0.307. The molecule has 148 valence electrons. The molecular weight excluding hydrogens is 380 g/mol. The van der Waals surface area contributed by atoms with E-state index >= 15 is 0 Å². The molecule has 1 saturated heterocycles. The highest BCUT2D eigenvalue weighted by Crippen LogP contribution is 2.23. The van der Waals surface area contributed by atoms with Gasteiger partial charge in [-0.25, -0.2) is 8.42 Å². The number of anilines is 1. The van der Waals surface area contributed by atoms with Gasteiger partial charge in [0.05, 0.1) is 17.4 Å². The predicted octanol–water partition coefficient (Wildman–Crippen LogP) is 1.24. The van der Waals surface area contributed by atoms with Gasteiger partial charge in [0.25, 0.3) is 0 Å². The first kappa shape index (κ1) is 20.0. The first-order valence-electron chi connectivity index (χ1n) is 8.99. The topological polar surface area (TPSA) is 108 Å². The number of carbonyl (C=O) groups excluding carboxylic acids is 2. The molecule has 28 heavy (non-hydrogen) atoms. The van der Waals surface area contributed by atoms with Gasteiger partial charge in [-0.05, 0) is 37.1 Å². The second kappa shape index (κ2) is 8.94. The van der Waals surface area contributed by atoms with E-state index < -0.39 is 15.9 Å². The average molecular weight is 402 g/mol. The van der Waals surface area contributed by atoms with Crippen LogP contribution in [0, 0.1) is 5.92 Å². The Balaban J connectivity index is 1.55. The van der Waals surface area contributed by atoms with Gasteiger partial charge in [0.2, 0.25) is 21.8 Å². The largest absolute Gasteiger partial charge is 0.347 e. The number of amides is 2. The summed E-state index contributed by atoms with van der Waals surface area (Å²) in [6, 6.07) is 11.5. The van der Waals surface area contributed by atoms with Gasteiger partial charge in [0.15, 0.2) is 0 Å². The summed E-state index contributed by atoms with van der Waals surface area (Å²) in [7, 11) is -3.63. The predicted molar refractivity (Wildman–Crippen MR) is 104 cm³/mol. The molecule has 2 aromatic rings. The molecule has 1 aromatic carbocycles. The van der Waals surface area contributed by atoms with Gasteiger partial charge in [-0.2, -0.15) is 4.31 Å². The van der Waals surface area contributed by atoms with Crippen molar-refractivity contribution >= 4 is 27.5 Å². The van der Waals surface area contributed by atoms with Gasteiger partial charge in [-0.3, -0.25) is 14.6 Å². The van der Waals surface area contributed by atoms with Crippen molar-refractivity contribution in [3.63, 3.8) is 0 Å². The van der Waals surface area contributed by atoms with Crippen LogP contribution in [0.25, 0.3) is 0 Å². The van der Waals surface area contributed by atoms with Crippen LogP contribution in [0.5, 0.6) is 0 Å². The molecule has 9 heteroatoms.